The van der Waals surface area contributed by atoms with Crippen molar-refractivity contribution in [2.75, 3.05) is 25.2 Å². The molecule has 2 N–H and O–H groups in total. The number of anilines is 1. The first-order valence-corrected chi connectivity index (χ1v) is 5.88. The van der Waals surface area contributed by atoms with Crippen LogP contribution in [0.4, 0.5) is 5.95 Å². The van der Waals surface area contributed by atoms with Crippen LogP contribution in [0.15, 0.2) is 6.07 Å². The number of rotatable bonds is 6. The lowest BCUT2D eigenvalue weighted by atomic mass is 10.3. The molecule has 96 valence electrons. The molecule has 1 aromatic rings. The summed E-state index contributed by atoms with van der Waals surface area (Å²) in [5.41, 5.74) is 7.44. The Hall–Kier alpha value is -1.20. The van der Waals surface area contributed by atoms with Crippen molar-refractivity contribution in [1.29, 1.82) is 0 Å². The Labute approximate surface area is 103 Å². The topological polar surface area (TPSA) is 64.3 Å². The van der Waals surface area contributed by atoms with E-state index >= 15 is 0 Å². The van der Waals surface area contributed by atoms with Gasteiger partial charge < -0.3 is 15.4 Å². The van der Waals surface area contributed by atoms with E-state index in [2.05, 4.69) is 28.7 Å². The van der Waals surface area contributed by atoms with E-state index in [1.165, 1.54) is 0 Å². The number of methoxy groups -OCH3 is 1. The van der Waals surface area contributed by atoms with E-state index in [9.17, 15) is 0 Å². The fourth-order valence-corrected chi connectivity index (χ4v) is 1.63. The van der Waals surface area contributed by atoms with Gasteiger partial charge in [-0.25, -0.2) is 9.97 Å². The Morgan fingerprint density at radius 1 is 1.41 bits per heavy atom. The lowest BCUT2D eigenvalue weighted by Crippen LogP contribution is -2.35. The van der Waals surface area contributed by atoms with Crippen LogP contribution in [-0.2, 0) is 11.3 Å². The van der Waals surface area contributed by atoms with Gasteiger partial charge in [-0.3, -0.25) is 0 Å². The summed E-state index contributed by atoms with van der Waals surface area (Å²) in [6.45, 7) is 8.06. The van der Waals surface area contributed by atoms with E-state index in [-0.39, 0.29) is 0 Å². The molecular weight excluding hydrogens is 216 g/mol. The summed E-state index contributed by atoms with van der Waals surface area (Å²) >= 11 is 0. The molecule has 1 aromatic heterocycles. The van der Waals surface area contributed by atoms with E-state index in [1.807, 2.05) is 13.0 Å². The first kappa shape index (κ1) is 13.9. The van der Waals surface area contributed by atoms with Gasteiger partial charge in [0, 0.05) is 31.9 Å². The molecule has 0 spiro atoms. The number of aryl methyl sites for hydroxylation is 1. The van der Waals surface area contributed by atoms with Crippen LogP contribution in [0.25, 0.3) is 0 Å². The van der Waals surface area contributed by atoms with Crippen LogP contribution in [0.5, 0.6) is 0 Å². The summed E-state index contributed by atoms with van der Waals surface area (Å²) in [5.74, 6) is 0.734. The van der Waals surface area contributed by atoms with Crippen molar-refractivity contribution < 1.29 is 4.74 Å². The number of hydrogen-bond donors (Lipinski definition) is 1. The Bertz CT molecular complexity index is 354. The summed E-state index contributed by atoms with van der Waals surface area (Å²) in [5, 5.41) is 0. The molecule has 0 aromatic carbocycles. The van der Waals surface area contributed by atoms with Crippen LogP contribution in [0.1, 0.15) is 25.2 Å². The van der Waals surface area contributed by atoms with Crippen LogP contribution in [0.2, 0.25) is 0 Å². The third kappa shape index (κ3) is 3.94. The van der Waals surface area contributed by atoms with Crippen molar-refractivity contribution in [1.82, 2.24) is 9.97 Å². The minimum Gasteiger partial charge on any atom is -0.383 e. The number of hydrogen-bond acceptors (Lipinski definition) is 5. The molecule has 0 fully saturated rings. The molecule has 1 heterocycles. The molecular formula is C12H22N4O. The van der Waals surface area contributed by atoms with E-state index in [4.69, 9.17) is 10.5 Å². The van der Waals surface area contributed by atoms with E-state index in [1.54, 1.807) is 7.11 Å². The number of aromatic nitrogens is 2. The lowest BCUT2D eigenvalue weighted by Gasteiger charge is -2.26. The second kappa shape index (κ2) is 6.51. The van der Waals surface area contributed by atoms with Crippen molar-refractivity contribution in [2.24, 2.45) is 5.73 Å². The monoisotopic (exact) mass is 238 g/mol. The Kier molecular flexibility index (Phi) is 5.31. The van der Waals surface area contributed by atoms with Gasteiger partial charge in [0.1, 0.15) is 0 Å². The standard InChI is InChI=1S/C12H22N4O/c1-9(2)16(5-6-17-4)12-14-10(3)7-11(8-13)15-12/h7,9H,5-6,8,13H2,1-4H3. The highest BCUT2D eigenvalue weighted by Crippen LogP contribution is 2.13. The summed E-state index contributed by atoms with van der Waals surface area (Å²) in [6, 6.07) is 2.25. The number of nitrogens with two attached hydrogens (primary N) is 1. The summed E-state index contributed by atoms with van der Waals surface area (Å²) in [4.78, 5) is 11.0. The smallest absolute Gasteiger partial charge is 0.226 e. The molecule has 0 saturated carbocycles. The summed E-state index contributed by atoms with van der Waals surface area (Å²) in [6.07, 6.45) is 0. The molecule has 0 aliphatic rings. The van der Waals surface area contributed by atoms with E-state index < -0.39 is 0 Å². The fraction of sp³-hybridized carbons (Fsp3) is 0.667. The molecule has 0 atom stereocenters. The first-order valence-electron chi connectivity index (χ1n) is 5.88. The Balaban J connectivity index is 2.96. The highest BCUT2D eigenvalue weighted by Gasteiger charge is 2.14. The molecule has 5 nitrogen and oxygen atoms in total. The third-order valence-electron chi connectivity index (χ3n) is 2.52. The van der Waals surface area contributed by atoms with Gasteiger partial charge in [0.2, 0.25) is 5.95 Å². The molecule has 17 heavy (non-hydrogen) atoms. The Morgan fingerprint density at radius 3 is 2.65 bits per heavy atom. The maximum Gasteiger partial charge on any atom is 0.226 e. The van der Waals surface area contributed by atoms with Crippen LogP contribution < -0.4 is 10.6 Å². The normalized spacial score (nSPS) is 10.9. The molecule has 0 aliphatic carbocycles. The van der Waals surface area contributed by atoms with Crippen molar-refractivity contribution in [3.63, 3.8) is 0 Å². The highest BCUT2D eigenvalue weighted by atomic mass is 16.5. The maximum absolute atomic E-state index is 5.63. The molecule has 0 bridgehead atoms. The number of ether oxygens (including phenoxy) is 1. The lowest BCUT2D eigenvalue weighted by molar-refractivity contribution is 0.203. The average Bonchev–Trinajstić information content (AvgIpc) is 2.28. The predicted molar refractivity (Wildman–Crippen MR) is 69.0 cm³/mol. The second-order valence-electron chi connectivity index (χ2n) is 4.28. The van der Waals surface area contributed by atoms with Gasteiger partial charge in [-0.1, -0.05) is 0 Å². The predicted octanol–water partition coefficient (Wildman–Crippen LogP) is 1.10. The summed E-state index contributed by atoms with van der Waals surface area (Å²) in [7, 11) is 1.70. The molecule has 0 amide bonds. The quantitative estimate of drug-likeness (QED) is 0.804. The SMILES string of the molecule is COCCN(c1nc(C)cc(CN)n1)C(C)C. The van der Waals surface area contributed by atoms with Crippen molar-refractivity contribution in [3.05, 3.63) is 17.5 Å². The number of nitrogens with zero attached hydrogens (tertiary/aromatic N) is 3. The molecule has 0 saturated heterocycles. The zero-order valence-corrected chi connectivity index (χ0v) is 11.1. The van der Waals surface area contributed by atoms with Gasteiger partial charge in [-0.2, -0.15) is 0 Å². The van der Waals surface area contributed by atoms with E-state index in [0.29, 0.717) is 19.2 Å². The highest BCUT2D eigenvalue weighted by molar-refractivity contribution is 5.33. The van der Waals surface area contributed by atoms with Crippen molar-refractivity contribution >= 4 is 5.95 Å². The third-order valence-corrected chi connectivity index (χ3v) is 2.52. The molecule has 1 rings (SSSR count). The zero-order chi connectivity index (χ0) is 12.8. The summed E-state index contributed by atoms with van der Waals surface area (Å²) < 4.78 is 5.11. The second-order valence-corrected chi connectivity index (χ2v) is 4.28. The molecule has 0 radical (unpaired) electrons. The van der Waals surface area contributed by atoms with Gasteiger partial charge in [0.25, 0.3) is 0 Å². The average molecular weight is 238 g/mol. The fourth-order valence-electron chi connectivity index (χ4n) is 1.63. The van der Waals surface area contributed by atoms with Gasteiger partial charge in [0.05, 0.1) is 12.3 Å². The minimum absolute atomic E-state index is 0.331. The van der Waals surface area contributed by atoms with Gasteiger partial charge in [0.15, 0.2) is 0 Å². The van der Waals surface area contributed by atoms with E-state index in [0.717, 1.165) is 23.9 Å². The largest absolute Gasteiger partial charge is 0.383 e. The van der Waals surface area contributed by atoms with Crippen molar-refractivity contribution in [2.45, 2.75) is 33.4 Å². The first-order chi connectivity index (χ1) is 8.08. The van der Waals surface area contributed by atoms with Crippen LogP contribution in [0.3, 0.4) is 0 Å². The van der Waals surface area contributed by atoms with Crippen LogP contribution in [0, 0.1) is 6.92 Å². The van der Waals surface area contributed by atoms with Gasteiger partial charge >= 0.3 is 0 Å². The van der Waals surface area contributed by atoms with Gasteiger partial charge in [-0.05, 0) is 26.8 Å². The molecule has 5 heteroatoms. The maximum atomic E-state index is 5.63. The molecule has 0 unspecified atom stereocenters. The Morgan fingerprint density at radius 2 is 2.12 bits per heavy atom. The van der Waals surface area contributed by atoms with Crippen molar-refractivity contribution in [3.8, 4) is 0 Å². The molecule has 0 aliphatic heterocycles. The van der Waals surface area contributed by atoms with Crippen LogP contribution in [-0.4, -0.2) is 36.3 Å². The van der Waals surface area contributed by atoms with Crippen LogP contribution >= 0.6 is 0 Å². The zero-order valence-electron chi connectivity index (χ0n) is 11.1. The minimum atomic E-state index is 0.331. The van der Waals surface area contributed by atoms with Gasteiger partial charge in [-0.15, -0.1) is 0 Å².